The topological polar surface area (TPSA) is 80.4 Å². The van der Waals surface area contributed by atoms with Crippen LogP contribution >= 0.6 is 0 Å². The zero-order valence-electron chi connectivity index (χ0n) is 36.2. The summed E-state index contributed by atoms with van der Waals surface area (Å²) in [5.74, 6) is -1.96. The summed E-state index contributed by atoms with van der Waals surface area (Å²) in [6.07, 6.45) is 3.58. The number of carbonyl (C=O) groups excluding carboxylic acids is 2. The van der Waals surface area contributed by atoms with Crippen LogP contribution in [0.4, 0.5) is 46.5 Å². The van der Waals surface area contributed by atoms with Crippen molar-refractivity contribution in [1.29, 1.82) is 0 Å². The highest BCUT2D eigenvalue weighted by Gasteiger charge is 2.33. The zero-order chi connectivity index (χ0) is 45.6. The van der Waals surface area contributed by atoms with E-state index < -0.39 is 41.8 Å². The van der Waals surface area contributed by atoms with E-state index in [1.807, 2.05) is 9.80 Å². The maximum atomic E-state index is 14.0. The van der Waals surface area contributed by atoms with Crippen molar-refractivity contribution in [2.45, 2.75) is 88.9 Å². The van der Waals surface area contributed by atoms with Crippen molar-refractivity contribution >= 4 is 23.2 Å². The predicted octanol–water partition coefficient (Wildman–Crippen LogP) is 8.47. The Morgan fingerprint density at radius 3 is 1.36 bits per heavy atom. The maximum Gasteiger partial charge on any atom is 0.397 e. The number of piperazine rings is 2. The molecule has 4 fully saturated rings. The van der Waals surface area contributed by atoms with Crippen LogP contribution in [0.2, 0.25) is 0 Å². The van der Waals surface area contributed by atoms with Crippen LogP contribution in [0.3, 0.4) is 0 Å². The molecule has 0 unspecified atom stereocenters. The molecule has 2 saturated heterocycles. The second kappa shape index (κ2) is 23.5. The van der Waals surface area contributed by atoms with Crippen LogP contribution in [-0.2, 0) is 9.59 Å². The number of anilines is 2. The second-order valence-corrected chi connectivity index (χ2v) is 17.5. The molecule has 2 heterocycles. The Morgan fingerprint density at radius 1 is 0.547 bits per heavy atom. The van der Waals surface area contributed by atoms with Gasteiger partial charge in [-0.05, 0) is 138 Å². The van der Waals surface area contributed by atoms with Gasteiger partial charge in [0, 0.05) is 76.6 Å². The Morgan fingerprint density at radius 2 is 0.953 bits per heavy atom. The lowest BCUT2D eigenvalue weighted by Gasteiger charge is -2.37. The second-order valence-electron chi connectivity index (χ2n) is 17.5. The predicted molar refractivity (Wildman–Crippen MR) is 230 cm³/mol. The minimum absolute atomic E-state index is 0.0701. The molecule has 2 N–H and O–H groups in total. The fourth-order valence-corrected chi connectivity index (χ4v) is 9.23. The molecule has 0 atom stereocenters. The third kappa shape index (κ3) is 15.8. The lowest BCUT2D eigenvalue weighted by Crippen LogP contribution is -2.47. The molecule has 0 aromatic heterocycles. The summed E-state index contributed by atoms with van der Waals surface area (Å²) in [4.78, 5) is 32.3. The standard InChI is InChI=1S/C26H32F3N3O2.C21H28F5N3O/c27-20-3-8-23(9-4-20)34-18-26(33)30-22-6-1-19(2-7-22)11-12-31-13-15-32(16-14-31)25-10-5-21(28)17-24(25)29;22-16-3-6-19(18(23)13-16)29-11-9-28(10-12-29)8-7-15-1-4-17(5-2-15)27-20(30)14-21(24,25)26/h3-5,8-10,17,19,22H,1-2,6-7,11-16,18H2,(H,30,33);3,6,13,15,17H,1-2,4-5,7-12,14H2,(H,27,30). The van der Waals surface area contributed by atoms with E-state index in [0.717, 1.165) is 116 Å². The van der Waals surface area contributed by atoms with Crippen molar-refractivity contribution in [2.75, 3.05) is 81.9 Å². The number of halogens is 8. The molecule has 0 spiro atoms. The Labute approximate surface area is 370 Å². The molecule has 2 aliphatic heterocycles. The number of amides is 2. The molecule has 0 radical (unpaired) electrons. The van der Waals surface area contributed by atoms with Crippen LogP contribution in [-0.4, -0.2) is 112 Å². The van der Waals surface area contributed by atoms with Crippen molar-refractivity contribution in [3.05, 3.63) is 89.7 Å². The SMILES string of the molecule is O=C(CC(F)(F)F)NC1CCC(CCN2CCN(c3ccc(F)cc3F)CC2)CC1.O=C(COc1ccc(F)cc1)NC1CCC(CCN2CCN(c3ccc(F)cc3F)CC2)CC1. The first-order valence-corrected chi connectivity index (χ1v) is 22.5. The number of ether oxygens (including phenoxy) is 1. The minimum atomic E-state index is -4.46. The van der Waals surface area contributed by atoms with Crippen LogP contribution in [0, 0.1) is 40.9 Å². The number of alkyl halides is 3. The monoisotopic (exact) mass is 908 g/mol. The third-order valence-electron chi connectivity index (χ3n) is 12.9. The van der Waals surface area contributed by atoms with Gasteiger partial charge in [0.15, 0.2) is 6.61 Å². The number of carbonyl (C=O) groups is 2. The van der Waals surface area contributed by atoms with Gasteiger partial charge in [0.05, 0.1) is 11.4 Å². The Bertz CT molecular complexity index is 1930. The van der Waals surface area contributed by atoms with Crippen molar-refractivity contribution in [2.24, 2.45) is 11.8 Å². The fraction of sp³-hybridized carbons (Fsp3) is 0.574. The largest absolute Gasteiger partial charge is 0.484 e. The van der Waals surface area contributed by atoms with Crippen LogP contribution in [0.15, 0.2) is 60.7 Å². The lowest BCUT2D eigenvalue weighted by molar-refractivity contribution is -0.154. The summed E-state index contributed by atoms with van der Waals surface area (Å²) in [6, 6.07) is 13.1. The van der Waals surface area contributed by atoms with E-state index in [-0.39, 0.29) is 30.4 Å². The molecule has 0 bridgehead atoms. The van der Waals surface area contributed by atoms with E-state index in [1.54, 1.807) is 0 Å². The first-order chi connectivity index (χ1) is 30.7. The van der Waals surface area contributed by atoms with Gasteiger partial charge in [-0.2, -0.15) is 13.2 Å². The summed E-state index contributed by atoms with van der Waals surface area (Å²) in [7, 11) is 0. The Hall–Kier alpha value is -4.64. The fourth-order valence-electron chi connectivity index (χ4n) is 9.23. The van der Waals surface area contributed by atoms with E-state index in [1.165, 1.54) is 48.5 Å². The van der Waals surface area contributed by atoms with E-state index in [9.17, 15) is 44.7 Å². The quantitative estimate of drug-likeness (QED) is 0.157. The van der Waals surface area contributed by atoms with Gasteiger partial charge < -0.3 is 25.2 Å². The summed E-state index contributed by atoms with van der Waals surface area (Å²) >= 11 is 0. The van der Waals surface area contributed by atoms with E-state index >= 15 is 0 Å². The molecular formula is C47H60F8N6O3. The van der Waals surface area contributed by atoms with Crippen molar-refractivity contribution in [3.8, 4) is 5.75 Å². The van der Waals surface area contributed by atoms with Crippen LogP contribution in [0.1, 0.15) is 70.6 Å². The van der Waals surface area contributed by atoms with Crippen molar-refractivity contribution in [1.82, 2.24) is 20.4 Å². The number of hydrogen-bond acceptors (Lipinski definition) is 7. The number of benzene rings is 3. The first-order valence-electron chi connectivity index (χ1n) is 22.5. The van der Waals surface area contributed by atoms with Gasteiger partial charge in [-0.1, -0.05) is 0 Å². The smallest absolute Gasteiger partial charge is 0.397 e. The maximum absolute atomic E-state index is 14.0. The molecule has 3 aromatic carbocycles. The first kappa shape index (κ1) is 48.8. The summed E-state index contributed by atoms with van der Waals surface area (Å²) in [6.45, 7) is 8.07. The molecule has 17 heteroatoms. The van der Waals surface area contributed by atoms with Crippen molar-refractivity contribution in [3.63, 3.8) is 0 Å². The highest BCUT2D eigenvalue weighted by Crippen LogP contribution is 2.30. The molecule has 2 amide bonds. The molecule has 4 aliphatic rings. The van der Waals surface area contributed by atoms with Crippen LogP contribution in [0.5, 0.6) is 5.75 Å². The summed E-state index contributed by atoms with van der Waals surface area (Å²) in [5.41, 5.74) is 0.909. The number of hydrogen-bond donors (Lipinski definition) is 2. The van der Waals surface area contributed by atoms with Crippen molar-refractivity contribution < 1.29 is 49.4 Å². The number of nitrogens with one attached hydrogen (secondary N) is 2. The number of rotatable bonds is 14. The number of nitrogens with zero attached hydrogens (tertiary/aromatic N) is 4. The van der Waals surface area contributed by atoms with Gasteiger partial charge in [-0.3, -0.25) is 19.4 Å². The van der Waals surface area contributed by atoms with Crippen LogP contribution < -0.4 is 25.2 Å². The van der Waals surface area contributed by atoms with Gasteiger partial charge in [-0.15, -0.1) is 0 Å². The molecule has 2 aliphatic carbocycles. The minimum Gasteiger partial charge on any atom is -0.484 e. The van der Waals surface area contributed by atoms with Gasteiger partial charge in [-0.25, -0.2) is 22.0 Å². The molecular weight excluding hydrogens is 849 g/mol. The average Bonchev–Trinajstić information content (AvgIpc) is 3.26. The van der Waals surface area contributed by atoms with E-state index in [2.05, 4.69) is 20.4 Å². The summed E-state index contributed by atoms with van der Waals surface area (Å²) < 4.78 is 109. The zero-order valence-corrected chi connectivity index (χ0v) is 36.2. The molecule has 3 aromatic rings. The highest BCUT2D eigenvalue weighted by molar-refractivity contribution is 5.78. The molecule has 64 heavy (non-hydrogen) atoms. The summed E-state index contributed by atoms with van der Waals surface area (Å²) in [5, 5.41) is 5.55. The van der Waals surface area contributed by atoms with Gasteiger partial charge >= 0.3 is 6.18 Å². The normalized spacial score (nSPS) is 22.3. The lowest BCUT2D eigenvalue weighted by atomic mass is 9.84. The van der Waals surface area contributed by atoms with E-state index in [0.29, 0.717) is 54.9 Å². The van der Waals surface area contributed by atoms with Gasteiger partial charge in [0.2, 0.25) is 5.91 Å². The van der Waals surface area contributed by atoms with Crippen LogP contribution in [0.25, 0.3) is 0 Å². The Kier molecular flexibility index (Phi) is 17.9. The molecule has 352 valence electrons. The van der Waals surface area contributed by atoms with Gasteiger partial charge in [0.25, 0.3) is 5.91 Å². The third-order valence-corrected chi connectivity index (χ3v) is 12.9. The van der Waals surface area contributed by atoms with Gasteiger partial charge in [0.1, 0.15) is 41.3 Å². The molecule has 9 nitrogen and oxygen atoms in total. The molecule has 2 saturated carbocycles. The van der Waals surface area contributed by atoms with E-state index in [4.69, 9.17) is 4.74 Å². The highest BCUT2D eigenvalue weighted by atomic mass is 19.4. The Balaban J connectivity index is 0.000000214. The molecule has 7 rings (SSSR count). The average molecular weight is 909 g/mol.